The summed E-state index contributed by atoms with van der Waals surface area (Å²) < 4.78 is 10.5. The third-order valence-electron chi connectivity index (χ3n) is 2.74. The Labute approximate surface area is 105 Å². The van der Waals surface area contributed by atoms with Gasteiger partial charge >= 0.3 is 0 Å². The molecule has 18 heavy (non-hydrogen) atoms. The van der Waals surface area contributed by atoms with Crippen molar-refractivity contribution in [3.63, 3.8) is 0 Å². The van der Waals surface area contributed by atoms with Gasteiger partial charge in [0.25, 0.3) is 0 Å². The maximum absolute atomic E-state index is 5.29. The van der Waals surface area contributed by atoms with Gasteiger partial charge in [-0.3, -0.25) is 5.10 Å². The molecule has 0 saturated carbocycles. The Morgan fingerprint density at radius 1 is 1.22 bits per heavy atom. The molecule has 2 aromatic rings. The van der Waals surface area contributed by atoms with Crippen LogP contribution in [-0.4, -0.2) is 36.4 Å². The number of aromatic nitrogens is 3. The van der Waals surface area contributed by atoms with Crippen molar-refractivity contribution in [2.75, 3.05) is 21.3 Å². The number of H-pyrrole nitrogens is 1. The van der Waals surface area contributed by atoms with Crippen molar-refractivity contribution in [1.82, 2.24) is 20.5 Å². The second-order valence-electron chi connectivity index (χ2n) is 3.71. The summed E-state index contributed by atoms with van der Waals surface area (Å²) in [4.78, 5) is 4.16. The fourth-order valence-electron chi connectivity index (χ4n) is 1.85. The van der Waals surface area contributed by atoms with Crippen LogP contribution in [0.2, 0.25) is 0 Å². The van der Waals surface area contributed by atoms with Crippen LogP contribution in [0.25, 0.3) is 0 Å². The Kier molecular flexibility index (Phi) is 3.78. The van der Waals surface area contributed by atoms with E-state index in [1.54, 1.807) is 14.2 Å². The van der Waals surface area contributed by atoms with Gasteiger partial charge < -0.3 is 14.8 Å². The molecule has 0 bridgehead atoms. The first-order valence-corrected chi connectivity index (χ1v) is 5.54. The van der Waals surface area contributed by atoms with E-state index in [2.05, 4.69) is 20.5 Å². The van der Waals surface area contributed by atoms with Crippen LogP contribution in [-0.2, 0) is 0 Å². The number of benzene rings is 1. The lowest BCUT2D eigenvalue weighted by molar-refractivity contribution is 0.354. The van der Waals surface area contributed by atoms with Crippen molar-refractivity contribution in [3.05, 3.63) is 35.9 Å². The molecule has 6 nitrogen and oxygen atoms in total. The van der Waals surface area contributed by atoms with Gasteiger partial charge in [0.1, 0.15) is 12.2 Å². The minimum absolute atomic E-state index is 0.0627. The van der Waals surface area contributed by atoms with E-state index in [4.69, 9.17) is 9.47 Å². The zero-order valence-electron chi connectivity index (χ0n) is 10.6. The maximum atomic E-state index is 5.29. The highest BCUT2D eigenvalue weighted by atomic mass is 16.5. The smallest absolute Gasteiger partial charge is 0.161 e. The number of nitrogens with one attached hydrogen (secondary N) is 2. The number of rotatable bonds is 5. The van der Waals surface area contributed by atoms with E-state index in [0.29, 0.717) is 11.5 Å². The van der Waals surface area contributed by atoms with Crippen molar-refractivity contribution in [3.8, 4) is 11.5 Å². The molecule has 1 unspecified atom stereocenters. The highest BCUT2D eigenvalue weighted by molar-refractivity contribution is 5.44. The fraction of sp³-hybridized carbons (Fsp3) is 0.333. The summed E-state index contributed by atoms with van der Waals surface area (Å²) in [5.41, 5.74) is 1.02. The van der Waals surface area contributed by atoms with E-state index in [0.717, 1.165) is 11.4 Å². The van der Waals surface area contributed by atoms with Crippen LogP contribution in [0.3, 0.4) is 0 Å². The van der Waals surface area contributed by atoms with Crippen molar-refractivity contribution in [2.24, 2.45) is 0 Å². The van der Waals surface area contributed by atoms with Gasteiger partial charge in [0, 0.05) is 0 Å². The summed E-state index contributed by atoms with van der Waals surface area (Å²) in [5.74, 6) is 2.15. The van der Waals surface area contributed by atoms with E-state index in [1.165, 1.54) is 6.33 Å². The average Bonchev–Trinajstić information content (AvgIpc) is 2.93. The van der Waals surface area contributed by atoms with Gasteiger partial charge in [-0.15, -0.1) is 0 Å². The second kappa shape index (κ2) is 5.50. The molecule has 6 heteroatoms. The molecule has 0 aliphatic rings. The second-order valence-corrected chi connectivity index (χ2v) is 3.71. The van der Waals surface area contributed by atoms with Gasteiger partial charge in [-0.25, -0.2) is 4.98 Å². The topological polar surface area (TPSA) is 72.1 Å². The number of methoxy groups -OCH3 is 2. The average molecular weight is 248 g/mol. The minimum atomic E-state index is -0.0627. The Bertz CT molecular complexity index is 499. The Morgan fingerprint density at radius 3 is 2.56 bits per heavy atom. The lowest BCUT2D eigenvalue weighted by Crippen LogP contribution is -2.19. The highest BCUT2D eigenvalue weighted by Gasteiger charge is 2.16. The molecule has 2 N–H and O–H groups in total. The van der Waals surface area contributed by atoms with Crippen molar-refractivity contribution in [2.45, 2.75) is 6.04 Å². The summed E-state index contributed by atoms with van der Waals surface area (Å²) in [5, 5.41) is 9.90. The Morgan fingerprint density at radius 2 is 2.00 bits per heavy atom. The minimum Gasteiger partial charge on any atom is -0.493 e. The zero-order chi connectivity index (χ0) is 13.0. The van der Waals surface area contributed by atoms with Crippen LogP contribution in [0, 0.1) is 0 Å². The predicted octanol–water partition coefficient (Wildman–Crippen LogP) is 1.13. The molecule has 2 rings (SSSR count). The molecule has 0 aliphatic heterocycles. The monoisotopic (exact) mass is 248 g/mol. The normalized spacial score (nSPS) is 12.2. The van der Waals surface area contributed by atoms with E-state index in [-0.39, 0.29) is 6.04 Å². The molecular formula is C12H16N4O2. The molecule has 1 aromatic carbocycles. The zero-order valence-corrected chi connectivity index (χ0v) is 10.6. The molecule has 0 radical (unpaired) electrons. The van der Waals surface area contributed by atoms with Gasteiger partial charge in [0.2, 0.25) is 0 Å². The maximum Gasteiger partial charge on any atom is 0.161 e. The van der Waals surface area contributed by atoms with Crippen LogP contribution in [0.1, 0.15) is 17.4 Å². The molecule has 0 spiro atoms. The quantitative estimate of drug-likeness (QED) is 0.830. The van der Waals surface area contributed by atoms with Gasteiger partial charge in [-0.2, -0.15) is 5.10 Å². The Balaban J connectivity index is 2.37. The summed E-state index contributed by atoms with van der Waals surface area (Å²) in [7, 11) is 5.10. The van der Waals surface area contributed by atoms with E-state index in [1.807, 2.05) is 25.2 Å². The van der Waals surface area contributed by atoms with Gasteiger partial charge in [0.05, 0.1) is 20.3 Å². The van der Waals surface area contributed by atoms with Crippen LogP contribution in [0.4, 0.5) is 0 Å². The van der Waals surface area contributed by atoms with E-state index in [9.17, 15) is 0 Å². The first-order valence-electron chi connectivity index (χ1n) is 5.54. The van der Waals surface area contributed by atoms with Gasteiger partial charge in [0.15, 0.2) is 11.5 Å². The molecule has 1 aromatic heterocycles. The van der Waals surface area contributed by atoms with Crippen LogP contribution in [0.5, 0.6) is 11.5 Å². The highest BCUT2D eigenvalue weighted by Crippen LogP contribution is 2.31. The van der Waals surface area contributed by atoms with E-state index < -0.39 is 0 Å². The number of hydrogen-bond donors (Lipinski definition) is 2. The number of hydrogen-bond acceptors (Lipinski definition) is 5. The largest absolute Gasteiger partial charge is 0.493 e. The molecule has 96 valence electrons. The third kappa shape index (κ3) is 2.28. The Hall–Kier alpha value is -2.08. The first kappa shape index (κ1) is 12.4. The van der Waals surface area contributed by atoms with Crippen LogP contribution >= 0.6 is 0 Å². The molecule has 0 fully saturated rings. The lowest BCUT2D eigenvalue weighted by Gasteiger charge is -2.16. The molecular weight excluding hydrogens is 232 g/mol. The third-order valence-corrected chi connectivity index (χ3v) is 2.74. The van der Waals surface area contributed by atoms with Crippen molar-refractivity contribution < 1.29 is 9.47 Å². The van der Waals surface area contributed by atoms with Crippen LogP contribution in [0.15, 0.2) is 24.5 Å². The SMILES string of the molecule is CNC(c1ccc(OC)c(OC)c1)c1ncn[nH]1. The number of nitrogens with zero attached hydrogens (tertiary/aromatic N) is 2. The summed E-state index contributed by atoms with van der Waals surface area (Å²) in [6.07, 6.45) is 1.49. The molecule has 0 aliphatic carbocycles. The van der Waals surface area contributed by atoms with Crippen molar-refractivity contribution >= 4 is 0 Å². The molecule has 0 amide bonds. The number of aromatic amines is 1. The molecule has 1 atom stereocenters. The first-order chi connectivity index (χ1) is 8.80. The molecule has 1 heterocycles. The predicted molar refractivity (Wildman–Crippen MR) is 66.8 cm³/mol. The fourth-order valence-corrected chi connectivity index (χ4v) is 1.85. The molecule has 0 saturated heterocycles. The number of ether oxygens (including phenoxy) is 2. The standard InChI is InChI=1S/C12H16N4O2/c1-13-11(12-14-7-15-16-12)8-4-5-9(17-2)10(6-8)18-3/h4-7,11,13H,1-3H3,(H,14,15,16). The van der Waals surface area contributed by atoms with E-state index >= 15 is 0 Å². The van der Waals surface area contributed by atoms with Crippen molar-refractivity contribution in [1.29, 1.82) is 0 Å². The summed E-state index contributed by atoms with van der Waals surface area (Å²) in [6.45, 7) is 0. The lowest BCUT2D eigenvalue weighted by atomic mass is 10.1. The van der Waals surface area contributed by atoms with Crippen LogP contribution < -0.4 is 14.8 Å². The summed E-state index contributed by atoms with van der Waals surface area (Å²) in [6, 6.07) is 5.69. The van der Waals surface area contributed by atoms with Gasteiger partial charge in [-0.05, 0) is 24.7 Å². The van der Waals surface area contributed by atoms with Gasteiger partial charge in [-0.1, -0.05) is 6.07 Å². The summed E-state index contributed by atoms with van der Waals surface area (Å²) >= 11 is 0.